The number of fused-ring (bicyclic) bond motifs is 2. The number of hydrogen-bond acceptors (Lipinski definition) is 6. The van der Waals surface area contributed by atoms with Crippen molar-refractivity contribution in [2.75, 3.05) is 0 Å². The van der Waals surface area contributed by atoms with E-state index in [9.17, 15) is 20.1 Å². The maximum Gasteiger partial charge on any atom is 0.204 e. The number of aliphatic hydroxyl groups excluding tert-OH is 1. The molecule has 0 saturated carbocycles. The lowest BCUT2D eigenvalue weighted by atomic mass is 9.92. The molecule has 4 rings (SSSR count). The van der Waals surface area contributed by atoms with Crippen molar-refractivity contribution in [1.82, 2.24) is 0 Å². The van der Waals surface area contributed by atoms with E-state index in [0.717, 1.165) is 0 Å². The Kier molecular flexibility index (Phi) is 4.90. The molecule has 3 N–H and O–H groups in total. The average molecular weight is 420 g/mol. The molecule has 31 heavy (non-hydrogen) atoms. The van der Waals surface area contributed by atoms with Crippen LogP contribution in [-0.4, -0.2) is 27.0 Å². The molecule has 1 aliphatic heterocycles. The lowest BCUT2D eigenvalue weighted by molar-refractivity contribution is 0.153. The molecule has 0 fully saturated rings. The lowest BCUT2D eigenvalue weighted by Gasteiger charge is -2.30. The minimum Gasteiger partial charge on any atom is -0.508 e. The zero-order chi connectivity index (χ0) is 22.5. The summed E-state index contributed by atoms with van der Waals surface area (Å²) in [5.41, 5.74) is 1.31. The van der Waals surface area contributed by atoms with Gasteiger partial charge in [0.05, 0.1) is 17.2 Å². The van der Waals surface area contributed by atoms with E-state index < -0.39 is 17.1 Å². The predicted octanol–water partition coefficient (Wildman–Crippen LogP) is 4.53. The van der Waals surface area contributed by atoms with E-state index in [-0.39, 0.29) is 34.5 Å². The largest absolute Gasteiger partial charge is 0.508 e. The Morgan fingerprint density at radius 2 is 1.87 bits per heavy atom. The summed E-state index contributed by atoms with van der Waals surface area (Å²) in [5, 5.41) is 31.1. The fraction of sp³-hybridized carbons (Fsp3) is 0.240. The standard InChI is InChI=1S/C25H24O6/c1-13(2)19(27)11-17-23-16(9-10-25(3,4)31-23)21(28)20-22(29)18(12-30-24(17)20)14-5-7-15(26)8-6-14/h5-10,12,19,26-28H,1,11H2,2-4H3/t19-/m1/s1. The third kappa shape index (κ3) is 3.59. The number of phenolic OH excluding ortho intramolecular Hbond substituents is 2. The number of ether oxygens (including phenoxy) is 1. The molecular weight excluding hydrogens is 396 g/mol. The normalized spacial score (nSPS) is 15.4. The van der Waals surface area contributed by atoms with E-state index >= 15 is 0 Å². The van der Waals surface area contributed by atoms with Crippen LogP contribution in [0.3, 0.4) is 0 Å². The predicted molar refractivity (Wildman–Crippen MR) is 120 cm³/mol. The fourth-order valence-electron chi connectivity index (χ4n) is 3.66. The number of phenols is 2. The van der Waals surface area contributed by atoms with Crippen LogP contribution >= 0.6 is 0 Å². The van der Waals surface area contributed by atoms with Gasteiger partial charge in [0.2, 0.25) is 5.43 Å². The highest BCUT2D eigenvalue weighted by atomic mass is 16.5. The third-order valence-corrected chi connectivity index (χ3v) is 5.44. The van der Waals surface area contributed by atoms with Gasteiger partial charge in [-0.3, -0.25) is 4.79 Å². The molecule has 1 atom stereocenters. The van der Waals surface area contributed by atoms with Gasteiger partial charge in [-0.1, -0.05) is 24.3 Å². The van der Waals surface area contributed by atoms with E-state index in [2.05, 4.69) is 6.58 Å². The minimum absolute atomic E-state index is 0.0150. The molecule has 6 heteroatoms. The van der Waals surface area contributed by atoms with Gasteiger partial charge in [-0.25, -0.2) is 0 Å². The maximum atomic E-state index is 13.4. The zero-order valence-electron chi connectivity index (χ0n) is 17.6. The van der Waals surface area contributed by atoms with Crippen LogP contribution in [0.1, 0.15) is 31.9 Å². The molecule has 0 aliphatic carbocycles. The van der Waals surface area contributed by atoms with Crippen LogP contribution in [0.15, 0.2) is 58.0 Å². The van der Waals surface area contributed by atoms with Crippen LogP contribution in [0.5, 0.6) is 17.2 Å². The van der Waals surface area contributed by atoms with Crippen molar-refractivity contribution in [3.63, 3.8) is 0 Å². The Morgan fingerprint density at radius 1 is 1.19 bits per heavy atom. The summed E-state index contributed by atoms with van der Waals surface area (Å²) < 4.78 is 12.0. The van der Waals surface area contributed by atoms with Crippen LogP contribution in [0.25, 0.3) is 28.2 Å². The van der Waals surface area contributed by atoms with Gasteiger partial charge in [0.25, 0.3) is 0 Å². The second-order valence-electron chi connectivity index (χ2n) is 8.40. The molecule has 0 spiro atoms. The molecule has 2 heterocycles. The molecule has 3 aromatic rings. The summed E-state index contributed by atoms with van der Waals surface area (Å²) in [6.45, 7) is 9.26. The molecule has 0 radical (unpaired) electrons. The Balaban J connectivity index is 2.04. The van der Waals surface area contributed by atoms with Crippen molar-refractivity contribution < 1.29 is 24.5 Å². The highest BCUT2D eigenvalue weighted by Gasteiger charge is 2.31. The number of aromatic hydroxyl groups is 2. The Bertz CT molecular complexity index is 1280. The van der Waals surface area contributed by atoms with Crippen molar-refractivity contribution in [3.05, 3.63) is 70.1 Å². The highest BCUT2D eigenvalue weighted by Crippen LogP contribution is 2.45. The summed E-state index contributed by atoms with van der Waals surface area (Å²) in [6.07, 6.45) is 4.07. The third-order valence-electron chi connectivity index (χ3n) is 5.44. The molecular formula is C25H24O6. The van der Waals surface area contributed by atoms with Crippen LogP contribution in [0, 0.1) is 0 Å². The van der Waals surface area contributed by atoms with Gasteiger partial charge in [-0.2, -0.15) is 0 Å². The Hall–Kier alpha value is -3.51. The molecule has 0 bridgehead atoms. The second-order valence-corrected chi connectivity index (χ2v) is 8.40. The number of aliphatic hydroxyl groups is 1. The van der Waals surface area contributed by atoms with Crippen molar-refractivity contribution in [1.29, 1.82) is 0 Å². The SMILES string of the molecule is C=C(C)[C@H](O)Cc1c2c(c(O)c3c(=O)c(-c4ccc(O)cc4)coc13)C=CC(C)(C)O2. The van der Waals surface area contributed by atoms with Gasteiger partial charge in [0, 0.05) is 12.0 Å². The first-order chi connectivity index (χ1) is 14.6. The average Bonchev–Trinajstić information content (AvgIpc) is 2.70. The molecule has 2 aromatic carbocycles. The maximum absolute atomic E-state index is 13.4. The summed E-state index contributed by atoms with van der Waals surface area (Å²) in [6, 6.07) is 6.14. The second kappa shape index (κ2) is 7.32. The number of rotatable bonds is 4. The number of hydrogen-bond donors (Lipinski definition) is 3. The van der Waals surface area contributed by atoms with E-state index in [4.69, 9.17) is 9.15 Å². The van der Waals surface area contributed by atoms with Gasteiger partial charge in [0.1, 0.15) is 40.1 Å². The number of benzene rings is 2. The molecule has 0 amide bonds. The molecule has 1 aromatic heterocycles. The topological polar surface area (TPSA) is 100 Å². The van der Waals surface area contributed by atoms with Crippen LogP contribution in [0.2, 0.25) is 0 Å². The summed E-state index contributed by atoms with van der Waals surface area (Å²) in [7, 11) is 0. The van der Waals surface area contributed by atoms with E-state index in [0.29, 0.717) is 28.0 Å². The first kappa shape index (κ1) is 20.8. The van der Waals surface area contributed by atoms with Crippen LogP contribution in [0.4, 0.5) is 0 Å². The van der Waals surface area contributed by atoms with E-state index in [1.54, 1.807) is 31.2 Å². The minimum atomic E-state index is -0.878. The zero-order valence-corrected chi connectivity index (χ0v) is 17.6. The van der Waals surface area contributed by atoms with E-state index in [1.807, 2.05) is 13.8 Å². The van der Waals surface area contributed by atoms with Crippen molar-refractivity contribution >= 4 is 17.0 Å². The summed E-state index contributed by atoms with van der Waals surface area (Å²) >= 11 is 0. The lowest BCUT2D eigenvalue weighted by Crippen LogP contribution is -2.29. The molecule has 6 nitrogen and oxygen atoms in total. The highest BCUT2D eigenvalue weighted by molar-refractivity contribution is 5.95. The van der Waals surface area contributed by atoms with Crippen molar-refractivity contribution in [3.8, 4) is 28.4 Å². The first-order valence-electron chi connectivity index (χ1n) is 9.93. The van der Waals surface area contributed by atoms with Gasteiger partial charge in [-0.15, -0.1) is 0 Å². The molecule has 160 valence electrons. The summed E-state index contributed by atoms with van der Waals surface area (Å²) in [4.78, 5) is 13.4. The Morgan fingerprint density at radius 3 is 2.52 bits per heavy atom. The van der Waals surface area contributed by atoms with Crippen molar-refractivity contribution in [2.24, 2.45) is 0 Å². The quantitative estimate of drug-likeness (QED) is 0.536. The van der Waals surface area contributed by atoms with Gasteiger partial charge >= 0.3 is 0 Å². The van der Waals surface area contributed by atoms with Crippen LogP contribution in [-0.2, 0) is 6.42 Å². The fourth-order valence-corrected chi connectivity index (χ4v) is 3.66. The van der Waals surface area contributed by atoms with Gasteiger partial charge < -0.3 is 24.5 Å². The van der Waals surface area contributed by atoms with Crippen molar-refractivity contribution in [2.45, 2.75) is 38.9 Å². The first-order valence-corrected chi connectivity index (χ1v) is 9.93. The van der Waals surface area contributed by atoms with E-state index in [1.165, 1.54) is 18.4 Å². The monoisotopic (exact) mass is 420 g/mol. The molecule has 0 unspecified atom stereocenters. The van der Waals surface area contributed by atoms with Crippen LogP contribution < -0.4 is 10.2 Å². The van der Waals surface area contributed by atoms with Gasteiger partial charge in [0.15, 0.2) is 0 Å². The Labute approximate surface area is 179 Å². The summed E-state index contributed by atoms with van der Waals surface area (Å²) in [5.74, 6) is 0.213. The van der Waals surface area contributed by atoms with Gasteiger partial charge in [-0.05, 0) is 50.6 Å². The molecule has 1 aliphatic rings. The smallest absolute Gasteiger partial charge is 0.204 e. The molecule has 0 saturated heterocycles.